The van der Waals surface area contributed by atoms with E-state index in [0.717, 1.165) is 0 Å². The first kappa shape index (κ1) is 4.44. The third-order valence-corrected chi connectivity index (χ3v) is 0.911. The van der Waals surface area contributed by atoms with E-state index in [1.54, 1.807) is 0 Å². The second-order valence-electron chi connectivity index (χ2n) is 1.63. The van der Waals surface area contributed by atoms with Gasteiger partial charge >= 0.3 is 0 Å². The first-order valence-electron chi connectivity index (χ1n) is 2.40. The molecule has 1 aliphatic rings. The van der Waals surface area contributed by atoms with Crippen molar-refractivity contribution in [2.75, 3.05) is 0 Å². The fourth-order valence-corrected chi connectivity index (χ4v) is 0.483. The van der Waals surface area contributed by atoms with E-state index in [4.69, 9.17) is 0 Å². The summed E-state index contributed by atoms with van der Waals surface area (Å²) in [6.07, 6.45) is 8.70. The quantitative estimate of drug-likeness (QED) is 0.469. The maximum Gasteiger partial charge on any atom is 0.0414 e. The van der Waals surface area contributed by atoms with Gasteiger partial charge in [0.1, 0.15) is 0 Å². The van der Waals surface area contributed by atoms with E-state index in [-0.39, 0.29) is 0 Å². The predicted molar refractivity (Wildman–Crippen MR) is 29.6 cm³/mol. The van der Waals surface area contributed by atoms with Crippen molar-refractivity contribution in [3.63, 3.8) is 0 Å². The molecule has 0 aromatic rings. The topological polar surface area (TPSA) is 12.0 Å². The lowest BCUT2D eigenvalue weighted by Gasteiger charge is -2.06. The van der Waals surface area contributed by atoms with E-state index < -0.39 is 0 Å². The highest BCUT2D eigenvalue weighted by atomic mass is 14.9. The molecule has 1 heteroatoms. The number of allylic oxidation sites excluding steroid dienone is 2. The van der Waals surface area contributed by atoms with Crippen molar-refractivity contribution in [1.82, 2.24) is 5.32 Å². The van der Waals surface area contributed by atoms with Gasteiger partial charge in [0.15, 0.2) is 0 Å². The van der Waals surface area contributed by atoms with E-state index >= 15 is 0 Å². The van der Waals surface area contributed by atoms with Gasteiger partial charge in [-0.05, 0) is 13.0 Å². The molecule has 0 bridgehead atoms. The molecule has 0 aromatic carbocycles. The van der Waals surface area contributed by atoms with Crippen molar-refractivity contribution in [2.45, 2.75) is 13.0 Å². The smallest absolute Gasteiger partial charge is 0.0414 e. The lowest BCUT2D eigenvalue weighted by atomic mass is 10.2. The Kier molecular flexibility index (Phi) is 1.16. The molecular formula is C6H8N. The van der Waals surface area contributed by atoms with Crippen LogP contribution in [-0.4, -0.2) is 6.04 Å². The molecule has 1 rings (SSSR count). The number of nitrogens with one attached hydrogen (secondary N) is 1. The summed E-state index contributed by atoms with van der Waals surface area (Å²) in [5, 5.41) is 3.06. The van der Waals surface area contributed by atoms with Gasteiger partial charge in [0, 0.05) is 12.2 Å². The molecule has 7 heavy (non-hydrogen) atoms. The van der Waals surface area contributed by atoms with Gasteiger partial charge in [-0.1, -0.05) is 12.2 Å². The Labute approximate surface area is 43.7 Å². The van der Waals surface area contributed by atoms with Gasteiger partial charge in [-0.2, -0.15) is 0 Å². The first-order chi connectivity index (χ1) is 3.39. The monoisotopic (exact) mass is 94.1 g/mol. The molecule has 0 fully saturated rings. The molecule has 1 nitrogen and oxygen atoms in total. The first-order valence-corrected chi connectivity index (χ1v) is 2.40. The normalized spacial score (nSPS) is 27.3. The van der Waals surface area contributed by atoms with E-state index in [2.05, 4.69) is 24.4 Å². The van der Waals surface area contributed by atoms with Gasteiger partial charge in [0.2, 0.25) is 0 Å². The van der Waals surface area contributed by atoms with Crippen LogP contribution in [0.25, 0.3) is 0 Å². The summed E-state index contributed by atoms with van der Waals surface area (Å²) >= 11 is 0. The highest BCUT2D eigenvalue weighted by Gasteiger charge is 1.90. The zero-order chi connectivity index (χ0) is 5.11. The highest BCUT2D eigenvalue weighted by Crippen LogP contribution is 1.89. The Hall–Kier alpha value is -0.720. The van der Waals surface area contributed by atoms with Crippen LogP contribution in [0.4, 0.5) is 0 Å². The highest BCUT2D eigenvalue weighted by molar-refractivity contribution is 5.05. The van der Waals surface area contributed by atoms with Crippen molar-refractivity contribution in [3.05, 3.63) is 24.4 Å². The summed E-state index contributed by atoms with van der Waals surface area (Å²) in [5.74, 6) is 0. The number of rotatable bonds is 0. The van der Waals surface area contributed by atoms with E-state index in [0.29, 0.717) is 6.04 Å². The van der Waals surface area contributed by atoms with Crippen LogP contribution in [-0.2, 0) is 0 Å². The Morgan fingerprint density at radius 3 is 2.86 bits per heavy atom. The van der Waals surface area contributed by atoms with Crippen molar-refractivity contribution in [1.29, 1.82) is 0 Å². The minimum atomic E-state index is 0.487. The van der Waals surface area contributed by atoms with Crippen LogP contribution >= 0.6 is 0 Å². The SMILES string of the molecule is CC1C=C[C]=CN1. The number of hydrogen-bond donors (Lipinski definition) is 1. The van der Waals surface area contributed by atoms with E-state index in [1.807, 2.05) is 12.3 Å². The molecule has 0 saturated carbocycles. The molecule has 1 N–H and O–H groups in total. The van der Waals surface area contributed by atoms with Crippen LogP contribution in [0.5, 0.6) is 0 Å². The van der Waals surface area contributed by atoms with Crippen LogP contribution in [0.2, 0.25) is 0 Å². The summed E-state index contributed by atoms with van der Waals surface area (Å²) in [7, 11) is 0. The van der Waals surface area contributed by atoms with Crippen LogP contribution in [0.15, 0.2) is 18.4 Å². The predicted octanol–water partition coefficient (Wildman–Crippen LogP) is 0.851. The summed E-state index contributed by atoms with van der Waals surface area (Å²) in [4.78, 5) is 0. The lowest BCUT2D eigenvalue weighted by molar-refractivity contribution is 0.758. The minimum absolute atomic E-state index is 0.487. The average Bonchev–Trinajstić information content (AvgIpc) is 1.69. The van der Waals surface area contributed by atoms with Crippen LogP contribution in [0.1, 0.15) is 6.92 Å². The van der Waals surface area contributed by atoms with E-state index in [1.165, 1.54) is 0 Å². The Morgan fingerprint density at radius 1 is 1.71 bits per heavy atom. The average molecular weight is 94.1 g/mol. The Bertz CT molecular complexity index is 103. The number of dihydropyridines is 1. The third-order valence-electron chi connectivity index (χ3n) is 0.911. The molecule has 1 atom stereocenters. The van der Waals surface area contributed by atoms with E-state index in [9.17, 15) is 0 Å². The largest absolute Gasteiger partial charge is 0.384 e. The zero-order valence-corrected chi connectivity index (χ0v) is 4.31. The molecule has 1 unspecified atom stereocenters. The van der Waals surface area contributed by atoms with Crippen molar-refractivity contribution in [2.24, 2.45) is 0 Å². The molecule has 0 aromatic heterocycles. The summed E-state index contributed by atoms with van der Waals surface area (Å²) in [6, 6.07) is 0.487. The molecule has 0 spiro atoms. The van der Waals surface area contributed by atoms with Gasteiger partial charge in [-0.15, -0.1) is 0 Å². The van der Waals surface area contributed by atoms with Crippen molar-refractivity contribution < 1.29 is 0 Å². The maximum absolute atomic E-state index is 3.06. The summed E-state index contributed by atoms with van der Waals surface area (Å²) in [6.45, 7) is 2.09. The minimum Gasteiger partial charge on any atom is -0.384 e. The number of hydrogen-bond acceptors (Lipinski definition) is 1. The summed E-state index contributed by atoms with van der Waals surface area (Å²) in [5.41, 5.74) is 0. The lowest BCUT2D eigenvalue weighted by Crippen LogP contribution is -2.18. The van der Waals surface area contributed by atoms with Gasteiger partial charge < -0.3 is 5.32 Å². The Balaban J connectivity index is 2.49. The zero-order valence-electron chi connectivity index (χ0n) is 4.31. The van der Waals surface area contributed by atoms with Crippen LogP contribution in [0, 0.1) is 6.08 Å². The van der Waals surface area contributed by atoms with Gasteiger partial charge in [-0.3, -0.25) is 0 Å². The maximum atomic E-state index is 3.06. The molecule has 0 aliphatic carbocycles. The molecular weight excluding hydrogens is 86.1 g/mol. The van der Waals surface area contributed by atoms with Crippen LogP contribution in [0.3, 0.4) is 0 Å². The molecule has 1 radical (unpaired) electrons. The molecule has 1 heterocycles. The van der Waals surface area contributed by atoms with Gasteiger partial charge in [-0.25, -0.2) is 0 Å². The van der Waals surface area contributed by atoms with Gasteiger partial charge in [0.25, 0.3) is 0 Å². The third kappa shape index (κ3) is 1.07. The van der Waals surface area contributed by atoms with Crippen molar-refractivity contribution >= 4 is 0 Å². The fourth-order valence-electron chi connectivity index (χ4n) is 0.483. The van der Waals surface area contributed by atoms with Gasteiger partial charge in [0.05, 0.1) is 0 Å². The fraction of sp³-hybridized carbons (Fsp3) is 0.333. The second kappa shape index (κ2) is 1.82. The van der Waals surface area contributed by atoms with Crippen molar-refractivity contribution in [3.8, 4) is 0 Å². The Morgan fingerprint density at radius 2 is 2.57 bits per heavy atom. The molecule has 37 valence electrons. The second-order valence-corrected chi connectivity index (χ2v) is 1.63. The molecule has 1 aliphatic heterocycles. The molecule has 0 amide bonds. The summed E-state index contributed by atoms with van der Waals surface area (Å²) < 4.78 is 0. The van der Waals surface area contributed by atoms with Crippen LogP contribution < -0.4 is 5.32 Å². The standard InChI is InChI=1S/C6H8N/c1-6-4-2-3-5-7-6/h2,4-7H,1H3. The molecule has 0 saturated heterocycles.